The van der Waals surface area contributed by atoms with E-state index < -0.39 is 0 Å². The van der Waals surface area contributed by atoms with Crippen LogP contribution in [0.15, 0.2) is 30.9 Å². The number of hydrogen-bond donors (Lipinski definition) is 1. The van der Waals surface area contributed by atoms with Gasteiger partial charge in [0.25, 0.3) is 5.91 Å². The van der Waals surface area contributed by atoms with E-state index in [0.717, 1.165) is 0 Å². The monoisotopic (exact) mass is 357 g/mol. The number of carbonyl (C=O) groups excluding carboxylic acids is 2. The van der Waals surface area contributed by atoms with Crippen molar-refractivity contribution in [1.82, 2.24) is 19.4 Å². The summed E-state index contributed by atoms with van der Waals surface area (Å²) in [4.78, 5) is 34.5. The van der Waals surface area contributed by atoms with Gasteiger partial charge in [0.15, 0.2) is 0 Å². The van der Waals surface area contributed by atoms with Gasteiger partial charge in [-0.1, -0.05) is 13.8 Å². The smallest absolute Gasteiger partial charge is 0.274 e. The van der Waals surface area contributed by atoms with Crippen molar-refractivity contribution in [3.8, 4) is 5.82 Å². The molecule has 3 rings (SSSR count). The Balaban J connectivity index is 1.65. The molecule has 0 saturated carbocycles. The molecule has 0 bridgehead atoms. The SMILES string of the molecule is CC(C)CC(=O)Nc1ccc(-n2cnc(C(=O)N3CCOCC3)c2)nc1. The Labute approximate surface area is 152 Å². The molecule has 3 heterocycles. The topological polar surface area (TPSA) is 89.4 Å². The van der Waals surface area contributed by atoms with Gasteiger partial charge in [0.05, 0.1) is 25.1 Å². The maximum atomic E-state index is 12.4. The lowest BCUT2D eigenvalue weighted by atomic mass is 10.1. The first kappa shape index (κ1) is 18.1. The van der Waals surface area contributed by atoms with Gasteiger partial charge in [-0.25, -0.2) is 9.97 Å². The Morgan fingerprint density at radius 2 is 2.00 bits per heavy atom. The third-order valence-corrected chi connectivity index (χ3v) is 3.99. The number of hydrogen-bond acceptors (Lipinski definition) is 5. The van der Waals surface area contributed by atoms with Crippen LogP contribution in [0.4, 0.5) is 5.69 Å². The summed E-state index contributed by atoms with van der Waals surface area (Å²) in [6.07, 6.45) is 5.29. The van der Waals surface area contributed by atoms with Crippen LogP contribution < -0.4 is 5.32 Å². The average molecular weight is 357 g/mol. The van der Waals surface area contributed by atoms with Crippen LogP contribution in [0, 0.1) is 5.92 Å². The molecule has 8 nitrogen and oxygen atoms in total. The molecule has 26 heavy (non-hydrogen) atoms. The van der Waals surface area contributed by atoms with Crippen LogP contribution in [0.2, 0.25) is 0 Å². The first-order valence-corrected chi connectivity index (χ1v) is 8.70. The van der Waals surface area contributed by atoms with E-state index in [2.05, 4.69) is 15.3 Å². The maximum absolute atomic E-state index is 12.4. The molecule has 1 fully saturated rings. The van der Waals surface area contributed by atoms with Gasteiger partial charge >= 0.3 is 0 Å². The fourth-order valence-electron chi connectivity index (χ4n) is 2.68. The van der Waals surface area contributed by atoms with Gasteiger partial charge in [-0.15, -0.1) is 0 Å². The minimum Gasteiger partial charge on any atom is -0.378 e. The van der Waals surface area contributed by atoms with Gasteiger partial charge in [-0.3, -0.25) is 14.2 Å². The third kappa shape index (κ3) is 4.45. The number of imidazole rings is 1. The highest BCUT2D eigenvalue weighted by Crippen LogP contribution is 2.13. The molecule has 2 aromatic rings. The summed E-state index contributed by atoms with van der Waals surface area (Å²) in [7, 11) is 0. The van der Waals surface area contributed by atoms with E-state index in [1.165, 1.54) is 0 Å². The Hall–Kier alpha value is -2.74. The molecule has 1 aliphatic heterocycles. The molecule has 0 spiro atoms. The second kappa shape index (κ2) is 8.09. The molecule has 8 heteroatoms. The summed E-state index contributed by atoms with van der Waals surface area (Å²) in [5.41, 5.74) is 1.02. The number of amides is 2. The van der Waals surface area contributed by atoms with Crippen LogP contribution >= 0.6 is 0 Å². The number of carbonyl (C=O) groups is 2. The fraction of sp³-hybridized carbons (Fsp3) is 0.444. The average Bonchev–Trinajstić information content (AvgIpc) is 3.12. The van der Waals surface area contributed by atoms with Crippen molar-refractivity contribution in [3.05, 3.63) is 36.5 Å². The fourth-order valence-corrected chi connectivity index (χ4v) is 2.68. The van der Waals surface area contributed by atoms with Crippen LogP contribution in [0.5, 0.6) is 0 Å². The molecule has 0 radical (unpaired) electrons. The molecule has 1 N–H and O–H groups in total. The van der Waals surface area contributed by atoms with Crippen molar-refractivity contribution in [1.29, 1.82) is 0 Å². The van der Waals surface area contributed by atoms with Gasteiger partial charge < -0.3 is 15.0 Å². The number of anilines is 1. The lowest BCUT2D eigenvalue weighted by Crippen LogP contribution is -2.40. The molecule has 138 valence electrons. The van der Waals surface area contributed by atoms with Crippen LogP contribution in [0.1, 0.15) is 30.8 Å². The van der Waals surface area contributed by atoms with Crippen molar-refractivity contribution in [2.45, 2.75) is 20.3 Å². The minimum absolute atomic E-state index is 0.0319. The first-order chi connectivity index (χ1) is 12.5. The van der Waals surface area contributed by atoms with Gasteiger partial charge in [0.1, 0.15) is 17.8 Å². The van der Waals surface area contributed by atoms with Crippen molar-refractivity contribution >= 4 is 17.5 Å². The standard InChI is InChI=1S/C18H23N5O3/c1-13(2)9-17(24)21-14-3-4-16(19-10-14)23-11-15(20-12-23)18(25)22-5-7-26-8-6-22/h3-4,10-13H,5-9H2,1-2H3,(H,21,24). The summed E-state index contributed by atoms with van der Waals surface area (Å²) >= 11 is 0. The molecule has 0 unspecified atom stereocenters. The number of pyridine rings is 1. The highest BCUT2D eigenvalue weighted by molar-refractivity contribution is 5.92. The molecular formula is C18H23N5O3. The van der Waals surface area contributed by atoms with Gasteiger partial charge in [0, 0.05) is 25.7 Å². The Morgan fingerprint density at radius 1 is 1.23 bits per heavy atom. The lowest BCUT2D eigenvalue weighted by Gasteiger charge is -2.25. The van der Waals surface area contributed by atoms with E-state index in [0.29, 0.717) is 55.8 Å². The Kier molecular flexibility index (Phi) is 5.62. The van der Waals surface area contributed by atoms with Crippen LogP contribution in [-0.2, 0) is 9.53 Å². The van der Waals surface area contributed by atoms with Gasteiger partial charge in [0.2, 0.25) is 5.91 Å². The number of rotatable bonds is 5. The Bertz CT molecular complexity index is 763. The maximum Gasteiger partial charge on any atom is 0.274 e. The summed E-state index contributed by atoms with van der Waals surface area (Å²) < 4.78 is 6.95. The van der Waals surface area contributed by atoms with Crippen molar-refractivity contribution < 1.29 is 14.3 Å². The Morgan fingerprint density at radius 3 is 2.65 bits per heavy atom. The zero-order valence-electron chi connectivity index (χ0n) is 15.0. The molecule has 2 aromatic heterocycles. The predicted octanol–water partition coefficient (Wildman–Crippen LogP) is 1.72. The summed E-state index contributed by atoms with van der Waals surface area (Å²) in [5.74, 6) is 0.788. The van der Waals surface area contributed by atoms with Crippen LogP contribution in [0.3, 0.4) is 0 Å². The van der Waals surface area contributed by atoms with Crippen molar-refractivity contribution in [3.63, 3.8) is 0 Å². The summed E-state index contributed by atoms with van der Waals surface area (Å²) in [6, 6.07) is 3.56. The van der Waals surface area contributed by atoms with E-state index in [1.807, 2.05) is 13.8 Å². The third-order valence-electron chi connectivity index (χ3n) is 3.99. The molecule has 0 atom stereocenters. The van der Waals surface area contributed by atoms with E-state index in [1.54, 1.807) is 40.3 Å². The van der Waals surface area contributed by atoms with E-state index >= 15 is 0 Å². The number of nitrogens with one attached hydrogen (secondary N) is 1. The summed E-state index contributed by atoms with van der Waals surface area (Å²) in [6.45, 7) is 6.25. The first-order valence-electron chi connectivity index (χ1n) is 8.70. The molecule has 2 amide bonds. The zero-order chi connectivity index (χ0) is 18.5. The quantitative estimate of drug-likeness (QED) is 0.880. The number of morpholine rings is 1. The van der Waals surface area contributed by atoms with E-state index in [4.69, 9.17) is 4.74 Å². The zero-order valence-corrected chi connectivity index (χ0v) is 15.0. The minimum atomic E-state index is -0.107. The predicted molar refractivity (Wildman–Crippen MR) is 96.2 cm³/mol. The van der Waals surface area contributed by atoms with Crippen molar-refractivity contribution in [2.75, 3.05) is 31.6 Å². The molecule has 0 aromatic carbocycles. The molecular weight excluding hydrogens is 334 g/mol. The van der Waals surface area contributed by atoms with Crippen LogP contribution in [-0.4, -0.2) is 57.6 Å². The second-order valence-corrected chi connectivity index (χ2v) is 6.62. The largest absolute Gasteiger partial charge is 0.378 e. The number of ether oxygens (including phenoxy) is 1. The lowest BCUT2D eigenvalue weighted by molar-refractivity contribution is -0.116. The number of nitrogens with zero attached hydrogens (tertiary/aromatic N) is 4. The van der Waals surface area contributed by atoms with Gasteiger partial charge in [-0.05, 0) is 18.1 Å². The second-order valence-electron chi connectivity index (χ2n) is 6.62. The van der Waals surface area contributed by atoms with Crippen molar-refractivity contribution in [2.24, 2.45) is 5.92 Å². The molecule has 1 aliphatic rings. The summed E-state index contributed by atoms with van der Waals surface area (Å²) in [5, 5.41) is 2.82. The van der Waals surface area contributed by atoms with E-state index in [-0.39, 0.29) is 11.8 Å². The van der Waals surface area contributed by atoms with Gasteiger partial charge in [-0.2, -0.15) is 0 Å². The number of aromatic nitrogens is 3. The highest BCUT2D eigenvalue weighted by Gasteiger charge is 2.20. The normalized spacial score (nSPS) is 14.5. The molecule has 0 aliphatic carbocycles. The van der Waals surface area contributed by atoms with E-state index in [9.17, 15) is 9.59 Å². The highest BCUT2D eigenvalue weighted by atomic mass is 16.5. The molecule has 1 saturated heterocycles. The van der Waals surface area contributed by atoms with Crippen LogP contribution in [0.25, 0.3) is 5.82 Å².